The molecule has 0 fully saturated rings. The standard InChI is InChI=1S/C25H23FN2O3/c1-14-8-10-16(11-9-14)20-13-12-18-21(25(3,4)24(30)27-15(2)29)17-6-5-7-19(26)22(17)31-23(18)28-20/h5-13,21H,1-4H3,(H,27,29,30)/t21-/m0/s1. The van der Waals surface area contributed by atoms with Gasteiger partial charge in [-0.2, -0.15) is 0 Å². The first-order valence-corrected chi connectivity index (χ1v) is 10.0. The molecule has 2 heterocycles. The molecule has 4 rings (SSSR count). The third-order valence-electron chi connectivity index (χ3n) is 5.65. The summed E-state index contributed by atoms with van der Waals surface area (Å²) in [5, 5.41) is 2.37. The van der Waals surface area contributed by atoms with Gasteiger partial charge in [-0.3, -0.25) is 14.9 Å². The maximum atomic E-state index is 14.7. The summed E-state index contributed by atoms with van der Waals surface area (Å²) in [7, 11) is 0. The molecule has 1 aliphatic rings. The van der Waals surface area contributed by atoms with Crippen LogP contribution in [0.25, 0.3) is 11.3 Å². The monoisotopic (exact) mass is 418 g/mol. The molecular weight excluding hydrogens is 395 g/mol. The van der Waals surface area contributed by atoms with Crippen LogP contribution in [-0.4, -0.2) is 16.8 Å². The number of carbonyl (C=O) groups is 2. The van der Waals surface area contributed by atoms with Gasteiger partial charge in [-0.1, -0.05) is 61.9 Å². The van der Waals surface area contributed by atoms with E-state index in [9.17, 15) is 14.0 Å². The van der Waals surface area contributed by atoms with Crippen molar-refractivity contribution in [1.29, 1.82) is 0 Å². The van der Waals surface area contributed by atoms with Crippen LogP contribution in [0.4, 0.5) is 4.39 Å². The molecule has 5 nitrogen and oxygen atoms in total. The first-order chi connectivity index (χ1) is 14.7. The SMILES string of the molecule is CC(=O)NC(=O)C(C)(C)[C@@H]1c2ccc(-c3ccc(C)cc3)nc2Oc2c(F)cccc21. The molecule has 0 unspecified atom stereocenters. The second-order valence-corrected chi connectivity index (χ2v) is 8.38. The molecule has 0 aliphatic carbocycles. The summed E-state index contributed by atoms with van der Waals surface area (Å²) in [6, 6.07) is 16.3. The van der Waals surface area contributed by atoms with Crippen molar-refractivity contribution >= 4 is 11.8 Å². The van der Waals surface area contributed by atoms with Gasteiger partial charge < -0.3 is 4.74 Å². The number of halogens is 1. The van der Waals surface area contributed by atoms with Crippen molar-refractivity contribution in [3.8, 4) is 22.9 Å². The minimum Gasteiger partial charge on any atom is -0.435 e. The molecule has 2 aromatic carbocycles. The Morgan fingerprint density at radius 3 is 2.42 bits per heavy atom. The van der Waals surface area contributed by atoms with E-state index >= 15 is 0 Å². The van der Waals surface area contributed by atoms with E-state index in [1.54, 1.807) is 26.0 Å². The van der Waals surface area contributed by atoms with Crippen molar-refractivity contribution in [2.24, 2.45) is 5.41 Å². The summed E-state index contributed by atoms with van der Waals surface area (Å²) >= 11 is 0. The first kappa shape index (κ1) is 20.7. The second kappa shape index (κ2) is 7.61. The number of para-hydroxylation sites is 1. The average Bonchev–Trinajstić information content (AvgIpc) is 2.72. The summed E-state index contributed by atoms with van der Waals surface area (Å²) in [5.41, 5.74) is 2.86. The van der Waals surface area contributed by atoms with E-state index < -0.39 is 29.0 Å². The summed E-state index contributed by atoms with van der Waals surface area (Å²) < 4.78 is 20.6. The number of imide groups is 1. The number of aromatic nitrogens is 1. The van der Waals surface area contributed by atoms with Crippen LogP contribution in [0.5, 0.6) is 11.6 Å². The lowest BCUT2D eigenvalue weighted by molar-refractivity contribution is -0.135. The highest BCUT2D eigenvalue weighted by Crippen LogP contribution is 2.52. The molecule has 0 radical (unpaired) electrons. The fourth-order valence-corrected chi connectivity index (χ4v) is 3.99. The van der Waals surface area contributed by atoms with Crippen molar-refractivity contribution in [2.75, 3.05) is 0 Å². The van der Waals surface area contributed by atoms with Crippen LogP contribution in [0.3, 0.4) is 0 Å². The Balaban J connectivity index is 1.87. The average molecular weight is 418 g/mol. The van der Waals surface area contributed by atoms with Crippen molar-refractivity contribution in [1.82, 2.24) is 10.3 Å². The number of fused-ring (bicyclic) bond motifs is 2. The maximum Gasteiger partial charge on any atom is 0.233 e. The lowest BCUT2D eigenvalue weighted by Gasteiger charge is -2.37. The Labute approximate surface area is 180 Å². The Morgan fingerprint density at radius 2 is 1.74 bits per heavy atom. The molecule has 0 saturated heterocycles. The molecule has 6 heteroatoms. The third-order valence-corrected chi connectivity index (χ3v) is 5.65. The van der Waals surface area contributed by atoms with Gasteiger partial charge in [0.1, 0.15) is 0 Å². The number of pyridine rings is 1. The van der Waals surface area contributed by atoms with E-state index in [1.807, 2.05) is 43.3 Å². The maximum absolute atomic E-state index is 14.7. The van der Waals surface area contributed by atoms with E-state index in [4.69, 9.17) is 4.74 Å². The number of benzene rings is 2. The zero-order chi connectivity index (χ0) is 22.3. The first-order valence-electron chi connectivity index (χ1n) is 10.0. The van der Waals surface area contributed by atoms with Crippen LogP contribution in [0.1, 0.15) is 43.4 Å². The number of hydrogen-bond donors (Lipinski definition) is 1. The molecule has 1 aromatic heterocycles. The van der Waals surface area contributed by atoms with Crippen LogP contribution >= 0.6 is 0 Å². The number of nitrogens with zero attached hydrogens (tertiary/aromatic N) is 1. The topological polar surface area (TPSA) is 68.3 Å². The van der Waals surface area contributed by atoms with E-state index in [0.717, 1.165) is 11.1 Å². The van der Waals surface area contributed by atoms with Crippen molar-refractivity contribution in [3.05, 3.63) is 77.1 Å². The molecule has 1 atom stereocenters. The van der Waals surface area contributed by atoms with Gasteiger partial charge in [-0.25, -0.2) is 9.37 Å². The predicted octanol–water partition coefficient (Wildman–Crippen LogP) is 5.12. The zero-order valence-corrected chi connectivity index (χ0v) is 17.8. The quantitative estimate of drug-likeness (QED) is 0.641. The normalized spacial score (nSPS) is 14.8. The molecule has 1 aliphatic heterocycles. The summed E-state index contributed by atoms with van der Waals surface area (Å²) in [6.07, 6.45) is 0. The zero-order valence-electron chi connectivity index (χ0n) is 17.8. The van der Waals surface area contributed by atoms with Crippen molar-refractivity contribution in [3.63, 3.8) is 0 Å². The van der Waals surface area contributed by atoms with E-state index in [1.165, 1.54) is 13.0 Å². The van der Waals surface area contributed by atoms with Gasteiger partial charge >= 0.3 is 0 Å². The molecule has 0 bridgehead atoms. The van der Waals surface area contributed by atoms with E-state index in [2.05, 4.69) is 10.3 Å². The molecular formula is C25H23FN2O3. The predicted molar refractivity (Wildman–Crippen MR) is 115 cm³/mol. The van der Waals surface area contributed by atoms with Crippen LogP contribution in [0.2, 0.25) is 0 Å². The van der Waals surface area contributed by atoms with Crippen LogP contribution < -0.4 is 10.1 Å². The van der Waals surface area contributed by atoms with Gasteiger partial charge in [0.25, 0.3) is 0 Å². The fraction of sp³-hybridized carbons (Fsp3) is 0.240. The van der Waals surface area contributed by atoms with Gasteiger partial charge in [0.05, 0.1) is 11.1 Å². The molecule has 1 N–H and O–H groups in total. The lowest BCUT2D eigenvalue weighted by Crippen LogP contribution is -2.44. The molecule has 0 spiro atoms. The van der Waals surface area contributed by atoms with Crippen molar-refractivity contribution in [2.45, 2.75) is 33.6 Å². The van der Waals surface area contributed by atoms with Gasteiger partial charge in [-0.15, -0.1) is 0 Å². The second-order valence-electron chi connectivity index (χ2n) is 8.38. The van der Waals surface area contributed by atoms with Crippen LogP contribution in [0.15, 0.2) is 54.6 Å². The third kappa shape index (κ3) is 3.69. The Bertz CT molecular complexity index is 1190. The van der Waals surface area contributed by atoms with Gasteiger partial charge in [0.15, 0.2) is 11.6 Å². The number of aryl methyl sites for hydroxylation is 1. The van der Waals surface area contributed by atoms with Gasteiger partial charge in [0.2, 0.25) is 17.7 Å². The molecule has 31 heavy (non-hydrogen) atoms. The Morgan fingerprint density at radius 1 is 1.03 bits per heavy atom. The number of rotatable bonds is 3. The summed E-state index contributed by atoms with van der Waals surface area (Å²) in [4.78, 5) is 29.1. The van der Waals surface area contributed by atoms with Crippen molar-refractivity contribution < 1.29 is 18.7 Å². The molecule has 2 amide bonds. The number of amides is 2. The largest absolute Gasteiger partial charge is 0.435 e. The van der Waals surface area contributed by atoms with Gasteiger partial charge in [0, 0.05) is 29.5 Å². The highest BCUT2D eigenvalue weighted by atomic mass is 19.1. The minimum absolute atomic E-state index is 0.0530. The smallest absolute Gasteiger partial charge is 0.233 e. The van der Waals surface area contributed by atoms with Gasteiger partial charge in [-0.05, 0) is 19.1 Å². The molecule has 0 saturated carbocycles. The highest BCUT2D eigenvalue weighted by Gasteiger charge is 2.45. The fourth-order valence-electron chi connectivity index (χ4n) is 3.99. The minimum atomic E-state index is -1.07. The Kier molecular flexibility index (Phi) is 5.09. The molecule has 3 aromatic rings. The number of ether oxygens (including phenoxy) is 1. The van der Waals surface area contributed by atoms with Crippen LogP contribution in [0, 0.1) is 18.2 Å². The molecule has 158 valence electrons. The van der Waals surface area contributed by atoms with E-state index in [0.29, 0.717) is 16.8 Å². The number of hydrogen-bond acceptors (Lipinski definition) is 4. The summed E-state index contributed by atoms with van der Waals surface area (Å²) in [5.74, 6) is -1.67. The lowest BCUT2D eigenvalue weighted by atomic mass is 9.69. The number of nitrogens with one attached hydrogen (secondary N) is 1. The Hall–Kier alpha value is -3.54. The number of carbonyl (C=O) groups excluding carboxylic acids is 2. The van der Waals surface area contributed by atoms with Crippen LogP contribution in [-0.2, 0) is 9.59 Å². The highest BCUT2D eigenvalue weighted by molar-refractivity contribution is 5.97. The van der Waals surface area contributed by atoms with E-state index in [-0.39, 0.29) is 11.6 Å². The summed E-state index contributed by atoms with van der Waals surface area (Å²) in [6.45, 7) is 6.75.